The normalized spacial score (nSPS) is 10.6. The fraction of sp³-hybridized carbons (Fsp3) is 0.188. The molecule has 2 N–H and O–H groups in total. The van der Waals surface area contributed by atoms with Crippen LogP contribution in [0, 0.1) is 6.92 Å². The van der Waals surface area contributed by atoms with E-state index in [-0.39, 0.29) is 11.8 Å². The summed E-state index contributed by atoms with van der Waals surface area (Å²) in [6, 6.07) is 8.67. The van der Waals surface area contributed by atoms with Crippen LogP contribution in [-0.2, 0) is 4.79 Å². The molecule has 0 aliphatic heterocycles. The standard InChI is InChI=1S/C16H17N3O2S/c1-3-15(20)18-13-6-4-12(5-7-13)16(21)19-17-10-14-11(2)8-9-22-14/h4-10H,3H2,1-2H3,(H,18,20)(H,19,21)/b17-10+. The lowest BCUT2D eigenvalue weighted by molar-refractivity contribution is -0.115. The third-order valence-corrected chi connectivity index (χ3v) is 3.96. The first-order chi connectivity index (χ1) is 10.6. The first-order valence-electron chi connectivity index (χ1n) is 6.87. The number of carbonyl (C=O) groups excluding carboxylic acids is 2. The molecular formula is C16H17N3O2S. The van der Waals surface area contributed by atoms with E-state index in [9.17, 15) is 9.59 Å². The van der Waals surface area contributed by atoms with Gasteiger partial charge in [0.15, 0.2) is 0 Å². The number of aryl methyl sites for hydroxylation is 1. The van der Waals surface area contributed by atoms with Crippen LogP contribution in [-0.4, -0.2) is 18.0 Å². The van der Waals surface area contributed by atoms with Crippen LogP contribution in [0.25, 0.3) is 0 Å². The molecule has 0 unspecified atom stereocenters. The summed E-state index contributed by atoms with van der Waals surface area (Å²) in [7, 11) is 0. The van der Waals surface area contributed by atoms with E-state index in [1.165, 1.54) is 0 Å². The summed E-state index contributed by atoms with van der Waals surface area (Å²) in [5.41, 5.74) is 4.76. The highest BCUT2D eigenvalue weighted by Crippen LogP contribution is 2.12. The van der Waals surface area contributed by atoms with Crippen molar-refractivity contribution in [3.63, 3.8) is 0 Å². The number of rotatable bonds is 5. The number of nitrogens with one attached hydrogen (secondary N) is 2. The summed E-state index contributed by atoms with van der Waals surface area (Å²) in [4.78, 5) is 24.2. The van der Waals surface area contributed by atoms with Gasteiger partial charge in [-0.15, -0.1) is 11.3 Å². The highest BCUT2D eigenvalue weighted by Gasteiger charge is 2.05. The van der Waals surface area contributed by atoms with Crippen molar-refractivity contribution in [3.8, 4) is 0 Å². The first-order valence-corrected chi connectivity index (χ1v) is 7.75. The summed E-state index contributed by atoms with van der Waals surface area (Å²) in [5.74, 6) is -0.355. The molecule has 0 saturated heterocycles. The SMILES string of the molecule is CCC(=O)Nc1ccc(C(=O)N/N=C/c2sccc2C)cc1. The second-order valence-corrected chi connectivity index (χ2v) is 5.59. The van der Waals surface area contributed by atoms with E-state index in [1.54, 1.807) is 48.7 Å². The van der Waals surface area contributed by atoms with E-state index in [0.29, 0.717) is 17.7 Å². The van der Waals surface area contributed by atoms with E-state index < -0.39 is 0 Å². The largest absolute Gasteiger partial charge is 0.326 e. The maximum atomic E-state index is 11.9. The third kappa shape index (κ3) is 4.26. The molecule has 0 radical (unpaired) electrons. The molecule has 1 aromatic carbocycles. The minimum Gasteiger partial charge on any atom is -0.326 e. The molecule has 0 saturated carbocycles. The molecular weight excluding hydrogens is 298 g/mol. The van der Waals surface area contributed by atoms with Crippen LogP contribution in [0.5, 0.6) is 0 Å². The Balaban J connectivity index is 1.94. The lowest BCUT2D eigenvalue weighted by atomic mass is 10.2. The fourth-order valence-corrected chi connectivity index (χ4v) is 2.47. The number of anilines is 1. The fourth-order valence-electron chi connectivity index (χ4n) is 1.69. The lowest BCUT2D eigenvalue weighted by Gasteiger charge is -2.04. The van der Waals surface area contributed by atoms with Crippen LogP contribution in [0.3, 0.4) is 0 Å². The Morgan fingerprint density at radius 1 is 1.23 bits per heavy atom. The van der Waals surface area contributed by atoms with E-state index in [4.69, 9.17) is 0 Å². The Kier molecular flexibility index (Phi) is 5.43. The van der Waals surface area contributed by atoms with Gasteiger partial charge in [-0.2, -0.15) is 5.10 Å². The van der Waals surface area contributed by atoms with Gasteiger partial charge in [-0.3, -0.25) is 9.59 Å². The van der Waals surface area contributed by atoms with Gasteiger partial charge in [-0.25, -0.2) is 5.43 Å². The maximum absolute atomic E-state index is 11.9. The number of thiophene rings is 1. The molecule has 114 valence electrons. The molecule has 0 fully saturated rings. The molecule has 1 heterocycles. The van der Waals surface area contributed by atoms with Gasteiger partial charge in [-0.05, 0) is 48.2 Å². The van der Waals surface area contributed by atoms with E-state index >= 15 is 0 Å². The van der Waals surface area contributed by atoms with Gasteiger partial charge in [0, 0.05) is 22.5 Å². The molecule has 22 heavy (non-hydrogen) atoms. The monoisotopic (exact) mass is 315 g/mol. The van der Waals surface area contributed by atoms with Crippen LogP contribution in [0.4, 0.5) is 5.69 Å². The Bertz CT molecular complexity index is 690. The minimum atomic E-state index is -0.293. The topological polar surface area (TPSA) is 70.6 Å². The van der Waals surface area contributed by atoms with Crippen LogP contribution in [0.1, 0.15) is 34.1 Å². The van der Waals surface area contributed by atoms with Gasteiger partial charge in [-0.1, -0.05) is 6.92 Å². The summed E-state index contributed by atoms with van der Waals surface area (Å²) in [6.07, 6.45) is 2.05. The van der Waals surface area contributed by atoms with Crippen molar-refractivity contribution in [3.05, 3.63) is 51.7 Å². The van der Waals surface area contributed by atoms with Gasteiger partial charge in [0.1, 0.15) is 0 Å². The number of carbonyl (C=O) groups is 2. The van der Waals surface area contributed by atoms with Gasteiger partial charge < -0.3 is 5.32 Å². The Morgan fingerprint density at radius 2 is 1.95 bits per heavy atom. The highest BCUT2D eigenvalue weighted by atomic mass is 32.1. The van der Waals surface area contributed by atoms with Crippen LogP contribution >= 0.6 is 11.3 Å². The molecule has 0 bridgehead atoms. The molecule has 6 heteroatoms. The van der Waals surface area contributed by atoms with Gasteiger partial charge in [0.25, 0.3) is 5.91 Å². The summed E-state index contributed by atoms with van der Waals surface area (Å²) < 4.78 is 0. The highest BCUT2D eigenvalue weighted by molar-refractivity contribution is 7.11. The number of hydrogen-bond acceptors (Lipinski definition) is 4. The molecule has 0 spiro atoms. The maximum Gasteiger partial charge on any atom is 0.271 e. The Morgan fingerprint density at radius 3 is 2.55 bits per heavy atom. The zero-order chi connectivity index (χ0) is 15.9. The van der Waals surface area contributed by atoms with Gasteiger partial charge >= 0.3 is 0 Å². The van der Waals surface area contributed by atoms with Crippen LogP contribution < -0.4 is 10.7 Å². The molecule has 1 aromatic heterocycles. The van der Waals surface area contributed by atoms with Crippen molar-refractivity contribution >= 4 is 35.1 Å². The summed E-state index contributed by atoms with van der Waals surface area (Å²) in [6.45, 7) is 3.77. The number of benzene rings is 1. The Hall–Kier alpha value is -2.47. The number of hydrogen-bond donors (Lipinski definition) is 2. The van der Waals surface area contributed by atoms with Crippen molar-refractivity contribution in [2.75, 3.05) is 5.32 Å². The molecule has 0 aliphatic rings. The predicted octanol–water partition coefficient (Wildman–Crippen LogP) is 3.17. The Labute approximate surface area is 133 Å². The molecule has 2 amide bonds. The van der Waals surface area contributed by atoms with Crippen LogP contribution in [0.15, 0.2) is 40.8 Å². The molecule has 2 rings (SSSR count). The smallest absolute Gasteiger partial charge is 0.271 e. The predicted molar refractivity (Wildman–Crippen MR) is 89.5 cm³/mol. The average Bonchev–Trinajstić information content (AvgIpc) is 2.93. The summed E-state index contributed by atoms with van der Waals surface area (Å²) >= 11 is 1.57. The zero-order valence-electron chi connectivity index (χ0n) is 12.4. The summed E-state index contributed by atoms with van der Waals surface area (Å²) in [5, 5.41) is 8.65. The van der Waals surface area contributed by atoms with E-state index in [1.807, 2.05) is 18.4 Å². The van der Waals surface area contributed by atoms with E-state index in [0.717, 1.165) is 10.4 Å². The average molecular weight is 315 g/mol. The second-order valence-electron chi connectivity index (χ2n) is 4.65. The third-order valence-electron chi connectivity index (χ3n) is 3.00. The molecule has 2 aromatic rings. The van der Waals surface area contributed by atoms with Gasteiger partial charge in [0.2, 0.25) is 5.91 Å². The number of amides is 2. The molecule has 0 aliphatic carbocycles. The zero-order valence-corrected chi connectivity index (χ0v) is 13.2. The van der Waals surface area contributed by atoms with Crippen molar-refractivity contribution < 1.29 is 9.59 Å². The van der Waals surface area contributed by atoms with Gasteiger partial charge in [0.05, 0.1) is 6.21 Å². The molecule has 0 atom stereocenters. The number of nitrogens with zero attached hydrogens (tertiary/aromatic N) is 1. The lowest BCUT2D eigenvalue weighted by Crippen LogP contribution is -2.17. The van der Waals surface area contributed by atoms with Crippen molar-refractivity contribution in [2.45, 2.75) is 20.3 Å². The van der Waals surface area contributed by atoms with Crippen molar-refractivity contribution in [1.82, 2.24) is 5.43 Å². The first kappa shape index (κ1) is 15.9. The van der Waals surface area contributed by atoms with E-state index in [2.05, 4.69) is 15.8 Å². The molecule has 5 nitrogen and oxygen atoms in total. The van der Waals surface area contributed by atoms with Crippen molar-refractivity contribution in [2.24, 2.45) is 5.10 Å². The second kappa shape index (κ2) is 7.51. The number of hydrazone groups is 1. The van der Waals surface area contributed by atoms with Crippen molar-refractivity contribution in [1.29, 1.82) is 0 Å². The quantitative estimate of drug-likeness (QED) is 0.657. The van der Waals surface area contributed by atoms with Crippen LogP contribution in [0.2, 0.25) is 0 Å². The minimum absolute atomic E-state index is 0.0619.